The molecule has 2 unspecified atom stereocenters. The van der Waals surface area contributed by atoms with Gasteiger partial charge in [0, 0.05) is 28.8 Å². The van der Waals surface area contributed by atoms with Gasteiger partial charge in [0.1, 0.15) is 0 Å². The second-order valence-electron chi connectivity index (χ2n) is 6.39. The highest BCUT2D eigenvalue weighted by Gasteiger charge is 2.34. The normalized spacial score (nSPS) is 21.0. The van der Waals surface area contributed by atoms with Gasteiger partial charge in [-0.05, 0) is 23.8 Å². The van der Waals surface area contributed by atoms with Gasteiger partial charge in [0.2, 0.25) is 0 Å². The lowest BCUT2D eigenvalue weighted by Crippen LogP contribution is -2.34. The number of aromatic nitrogens is 1. The van der Waals surface area contributed by atoms with Crippen LogP contribution in [0.15, 0.2) is 83.0 Å². The van der Waals surface area contributed by atoms with Crippen molar-refractivity contribution in [3.63, 3.8) is 0 Å². The van der Waals surface area contributed by atoms with Gasteiger partial charge >= 0.3 is 0 Å². The van der Waals surface area contributed by atoms with Gasteiger partial charge in [-0.3, -0.25) is 19.7 Å². The zero-order chi connectivity index (χ0) is 17.9. The minimum Gasteiger partial charge on any atom is -0.283 e. The standard InChI is InChI=1S/C21H19N3OS/c1-15-7-5-11-18-19(15)23-21(26-18)24(14-16-8-6-12-22-13-16)20(25)17-9-3-2-4-10-17/h2-13,15,19H,14H2,1H3. The molecule has 0 spiro atoms. The molecular formula is C21H19N3OS. The van der Waals surface area contributed by atoms with Crippen molar-refractivity contribution >= 4 is 22.8 Å². The number of amides is 1. The van der Waals surface area contributed by atoms with Gasteiger partial charge in [0.05, 0.1) is 12.6 Å². The molecule has 0 N–H and O–H groups in total. The number of aliphatic imine (C=N–C) groups is 1. The third-order valence-electron chi connectivity index (χ3n) is 4.48. The van der Waals surface area contributed by atoms with Crippen LogP contribution in [-0.4, -0.2) is 27.0 Å². The Kier molecular flexibility index (Phi) is 4.71. The Morgan fingerprint density at radius 2 is 2.04 bits per heavy atom. The zero-order valence-corrected chi connectivity index (χ0v) is 15.3. The smallest absolute Gasteiger partial charge is 0.260 e. The number of rotatable bonds is 3. The summed E-state index contributed by atoms with van der Waals surface area (Å²) in [5.41, 5.74) is 1.64. The third-order valence-corrected chi connectivity index (χ3v) is 5.61. The molecule has 2 atom stereocenters. The number of carbonyl (C=O) groups excluding carboxylic acids is 1. The van der Waals surface area contributed by atoms with Crippen molar-refractivity contribution in [3.8, 4) is 0 Å². The lowest BCUT2D eigenvalue weighted by Gasteiger charge is -2.22. The number of thioether (sulfide) groups is 1. The fourth-order valence-electron chi connectivity index (χ4n) is 3.08. The Morgan fingerprint density at radius 1 is 1.19 bits per heavy atom. The van der Waals surface area contributed by atoms with Crippen molar-refractivity contribution in [2.45, 2.75) is 19.5 Å². The number of amidine groups is 1. The van der Waals surface area contributed by atoms with E-state index < -0.39 is 0 Å². The van der Waals surface area contributed by atoms with E-state index in [4.69, 9.17) is 4.99 Å². The van der Waals surface area contributed by atoms with Crippen LogP contribution in [0.1, 0.15) is 22.8 Å². The summed E-state index contributed by atoms with van der Waals surface area (Å²) < 4.78 is 0. The first kappa shape index (κ1) is 16.8. The molecule has 2 heterocycles. The van der Waals surface area contributed by atoms with Crippen molar-refractivity contribution in [1.29, 1.82) is 0 Å². The maximum atomic E-state index is 13.2. The Balaban J connectivity index is 1.67. The molecule has 130 valence electrons. The van der Waals surface area contributed by atoms with Gasteiger partial charge in [0.15, 0.2) is 5.17 Å². The van der Waals surface area contributed by atoms with Crippen LogP contribution in [0.2, 0.25) is 0 Å². The average molecular weight is 361 g/mol. The van der Waals surface area contributed by atoms with E-state index in [1.807, 2.05) is 42.5 Å². The molecule has 0 saturated carbocycles. The van der Waals surface area contributed by atoms with Crippen LogP contribution in [-0.2, 0) is 6.54 Å². The number of fused-ring (bicyclic) bond motifs is 1. The fraction of sp³-hybridized carbons (Fsp3) is 0.190. The van der Waals surface area contributed by atoms with Gasteiger partial charge in [0.25, 0.3) is 5.91 Å². The minimum atomic E-state index is -0.0411. The summed E-state index contributed by atoms with van der Waals surface area (Å²) in [6.45, 7) is 2.61. The van der Waals surface area contributed by atoms with E-state index in [-0.39, 0.29) is 11.9 Å². The number of allylic oxidation sites excluding steroid dienone is 2. The van der Waals surface area contributed by atoms with E-state index in [2.05, 4.69) is 30.1 Å². The predicted molar refractivity (Wildman–Crippen MR) is 106 cm³/mol. The average Bonchev–Trinajstić information content (AvgIpc) is 3.12. The maximum Gasteiger partial charge on any atom is 0.260 e. The molecule has 2 aromatic rings. The SMILES string of the molecule is CC1C=CC=C2SC(N(Cc3cccnc3)C(=O)c3ccccc3)=NC21. The third kappa shape index (κ3) is 3.35. The number of pyridine rings is 1. The summed E-state index contributed by atoms with van der Waals surface area (Å²) in [5.74, 6) is 0.299. The second kappa shape index (κ2) is 7.30. The van der Waals surface area contributed by atoms with E-state index in [1.54, 1.807) is 29.1 Å². The Labute approximate surface area is 157 Å². The molecule has 0 bridgehead atoms. The lowest BCUT2D eigenvalue weighted by molar-refractivity contribution is 0.0843. The second-order valence-corrected chi connectivity index (χ2v) is 7.43. The zero-order valence-electron chi connectivity index (χ0n) is 14.4. The van der Waals surface area contributed by atoms with Crippen molar-refractivity contribution in [2.24, 2.45) is 10.9 Å². The number of benzene rings is 1. The summed E-state index contributed by atoms with van der Waals surface area (Å²) in [5, 5.41) is 0.759. The number of nitrogens with zero attached hydrogens (tertiary/aromatic N) is 3. The van der Waals surface area contributed by atoms with E-state index in [9.17, 15) is 4.79 Å². The molecule has 0 saturated heterocycles. The van der Waals surface area contributed by atoms with Crippen molar-refractivity contribution in [1.82, 2.24) is 9.88 Å². The molecule has 4 nitrogen and oxygen atoms in total. The summed E-state index contributed by atoms with van der Waals surface area (Å²) in [7, 11) is 0. The van der Waals surface area contributed by atoms with Crippen LogP contribution in [0.3, 0.4) is 0 Å². The molecule has 5 heteroatoms. The molecule has 4 rings (SSSR count). The molecule has 1 aliphatic carbocycles. The van der Waals surface area contributed by atoms with Gasteiger partial charge in [-0.15, -0.1) is 0 Å². The van der Waals surface area contributed by atoms with Gasteiger partial charge in [-0.25, -0.2) is 0 Å². The van der Waals surface area contributed by atoms with Crippen LogP contribution in [0.4, 0.5) is 0 Å². The summed E-state index contributed by atoms with van der Waals surface area (Å²) in [6, 6.07) is 13.3. The van der Waals surface area contributed by atoms with Crippen LogP contribution in [0, 0.1) is 5.92 Å². The highest BCUT2D eigenvalue weighted by molar-refractivity contribution is 8.17. The van der Waals surface area contributed by atoms with Gasteiger partial charge in [-0.1, -0.05) is 61.2 Å². The van der Waals surface area contributed by atoms with Crippen LogP contribution in [0.5, 0.6) is 0 Å². The largest absolute Gasteiger partial charge is 0.283 e. The van der Waals surface area contributed by atoms with E-state index in [0.717, 1.165) is 10.7 Å². The molecule has 1 aromatic heterocycles. The fourth-order valence-corrected chi connectivity index (χ4v) is 4.25. The summed E-state index contributed by atoms with van der Waals surface area (Å²) in [4.78, 5) is 25.2. The molecule has 0 fully saturated rings. The lowest BCUT2D eigenvalue weighted by atomic mass is 9.98. The van der Waals surface area contributed by atoms with Crippen molar-refractivity contribution in [2.75, 3.05) is 0 Å². The molecule has 26 heavy (non-hydrogen) atoms. The maximum absolute atomic E-state index is 13.2. The van der Waals surface area contributed by atoms with Crippen LogP contribution in [0.25, 0.3) is 0 Å². The van der Waals surface area contributed by atoms with Crippen LogP contribution >= 0.6 is 11.8 Å². The molecular weight excluding hydrogens is 342 g/mol. The molecule has 1 aliphatic heterocycles. The van der Waals surface area contributed by atoms with Crippen molar-refractivity contribution in [3.05, 3.63) is 89.1 Å². The number of hydrogen-bond acceptors (Lipinski definition) is 4. The molecule has 1 aromatic carbocycles. The van der Waals surface area contributed by atoms with E-state index in [1.165, 1.54) is 4.91 Å². The van der Waals surface area contributed by atoms with Gasteiger partial charge in [-0.2, -0.15) is 0 Å². The minimum absolute atomic E-state index is 0.0411. The highest BCUT2D eigenvalue weighted by Crippen LogP contribution is 2.39. The first-order valence-corrected chi connectivity index (χ1v) is 9.44. The molecule has 0 radical (unpaired) electrons. The molecule has 2 aliphatic rings. The van der Waals surface area contributed by atoms with E-state index >= 15 is 0 Å². The first-order chi connectivity index (χ1) is 12.7. The summed E-state index contributed by atoms with van der Waals surface area (Å²) >= 11 is 1.59. The monoisotopic (exact) mass is 361 g/mol. The van der Waals surface area contributed by atoms with E-state index in [0.29, 0.717) is 18.0 Å². The first-order valence-electron chi connectivity index (χ1n) is 8.62. The van der Waals surface area contributed by atoms with Gasteiger partial charge < -0.3 is 0 Å². The Bertz CT molecular complexity index is 890. The van der Waals surface area contributed by atoms with Crippen molar-refractivity contribution < 1.29 is 4.79 Å². The van der Waals surface area contributed by atoms with Crippen LogP contribution < -0.4 is 0 Å². The molecule has 1 amide bonds. The number of hydrogen-bond donors (Lipinski definition) is 0. The predicted octanol–water partition coefficient (Wildman–Crippen LogP) is 4.29. The Hall–Kier alpha value is -2.66. The topological polar surface area (TPSA) is 45.6 Å². The number of carbonyl (C=O) groups is 1. The Morgan fingerprint density at radius 3 is 2.77 bits per heavy atom. The highest BCUT2D eigenvalue weighted by atomic mass is 32.2. The quantitative estimate of drug-likeness (QED) is 0.819. The summed E-state index contributed by atoms with van der Waals surface area (Å²) in [6.07, 6.45) is 9.86.